The van der Waals surface area contributed by atoms with Crippen LogP contribution in [0.3, 0.4) is 0 Å². The zero-order valence-corrected chi connectivity index (χ0v) is 17.1. The minimum atomic E-state index is -0.242. The molecule has 0 spiro atoms. The Hall–Kier alpha value is -3.86. The second kappa shape index (κ2) is 8.25. The van der Waals surface area contributed by atoms with Crippen LogP contribution in [0.15, 0.2) is 72.8 Å². The Morgan fingerprint density at radius 3 is 2.50 bits per heavy atom. The van der Waals surface area contributed by atoms with Crippen molar-refractivity contribution in [1.82, 2.24) is 4.98 Å². The Bertz CT molecular complexity index is 1230. The average Bonchev–Trinajstić information content (AvgIpc) is 2.78. The topological polar surface area (TPSA) is 60.5 Å². The van der Waals surface area contributed by atoms with Gasteiger partial charge in [0.05, 0.1) is 36.7 Å². The second-order valence-corrected chi connectivity index (χ2v) is 6.96. The van der Waals surface area contributed by atoms with Crippen molar-refractivity contribution < 1.29 is 14.3 Å². The Morgan fingerprint density at radius 1 is 0.900 bits per heavy atom. The molecule has 0 radical (unpaired) electrons. The van der Waals surface area contributed by atoms with Crippen molar-refractivity contribution in [2.75, 3.05) is 19.5 Å². The third-order valence-corrected chi connectivity index (χ3v) is 4.93. The van der Waals surface area contributed by atoms with E-state index in [-0.39, 0.29) is 5.91 Å². The number of pyridine rings is 1. The van der Waals surface area contributed by atoms with Crippen LogP contribution in [0.25, 0.3) is 22.2 Å². The Balaban J connectivity index is 1.81. The Kier molecular flexibility index (Phi) is 5.35. The minimum Gasteiger partial charge on any atom is -0.497 e. The van der Waals surface area contributed by atoms with Crippen LogP contribution in [0.1, 0.15) is 15.9 Å². The van der Waals surface area contributed by atoms with Gasteiger partial charge in [0.25, 0.3) is 5.91 Å². The maximum absolute atomic E-state index is 13.3. The molecule has 5 heteroatoms. The van der Waals surface area contributed by atoms with Crippen LogP contribution in [0.5, 0.6) is 11.5 Å². The lowest BCUT2D eigenvalue weighted by Gasteiger charge is -2.14. The van der Waals surface area contributed by atoms with Crippen molar-refractivity contribution >= 4 is 22.5 Å². The van der Waals surface area contributed by atoms with Crippen LogP contribution < -0.4 is 14.8 Å². The number of amides is 1. The molecule has 1 amide bonds. The largest absolute Gasteiger partial charge is 0.497 e. The summed E-state index contributed by atoms with van der Waals surface area (Å²) in [4.78, 5) is 18.1. The highest BCUT2D eigenvalue weighted by Gasteiger charge is 2.16. The summed E-state index contributed by atoms with van der Waals surface area (Å²) in [5.74, 6) is 0.946. The van der Waals surface area contributed by atoms with Crippen LogP contribution in [0.2, 0.25) is 0 Å². The lowest BCUT2D eigenvalue weighted by molar-refractivity contribution is 0.102. The molecule has 3 aromatic carbocycles. The molecule has 0 saturated carbocycles. The molecule has 4 aromatic rings. The first kappa shape index (κ1) is 19.5. The number of hydrogen-bond donors (Lipinski definition) is 1. The third-order valence-electron chi connectivity index (χ3n) is 4.93. The number of fused-ring (bicyclic) bond motifs is 1. The summed E-state index contributed by atoms with van der Waals surface area (Å²) in [5, 5.41) is 3.75. The molecular weight excluding hydrogens is 376 g/mol. The van der Waals surface area contributed by atoms with E-state index >= 15 is 0 Å². The molecule has 5 nitrogen and oxygen atoms in total. The number of rotatable bonds is 5. The lowest BCUT2D eigenvalue weighted by atomic mass is 10.0. The normalized spacial score (nSPS) is 10.6. The number of anilines is 1. The summed E-state index contributed by atoms with van der Waals surface area (Å²) in [6.07, 6.45) is 0. The Morgan fingerprint density at radius 2 is 1.73 bits per heavy atom. The molecule has 1 aromatic heterocycles. The van der Waals surface area contributed by atoms with Gasteiger partial charge in [-0.05, 0) is 37.3 Å². The van der Waals surface area contributed by atoms with Crippen molar-refractivity contribution in [2.45, 2.75) is 6.92 Å². The van der Waals surface area contributed by atoms with Crippen molar-refractivity contribution in [1.29, 1.82) is 0 Å². The van der Waals surface area contributed by atoms with Crippen molar-refractivity contribution in [3.8, 4) is 22.8 Å². The molecule has 0 saturated heterocycles. The van der Waals surface area contributed by atoms with Gasteiger partial charge >= 0.3 is 0 Å². The van der Waals surface area contributed by atoms with Crippen LogP contribution in [0.4, 0.5) is 5.69 Å². The first-order valence-corrected chi connectivity index (χ1v) is 9.59. The summed E-state index contributed by atoms with van der Waals surface area (Å²) >= 11 is 0. The fourth-order valence-corrected chi connectivity index (χ4v) is 3.42. The first-order chi connectivity index (χ1) is 14.6. The summed E-state index contributed by atoms with van der Waals surface area (Å²) < 4.78 is 10.7. The van der Waals surface area contributed by atoms with Gasteiger partial charge in [-0.25, -0.2) is 4.98 Å². The van der Waals surface area contributed by atoms with Crippen LogP contribution in [-0.2, 0) is 0 Å². The zero-order valence-electron chi connectivity index (χ0n) is 17.1. The summed E-state index contributed by atoms with van der Waals surface area (Å²) in [6, 6.07) is 22.8. The number of aromatic nitrogens is 1. The van der Waals surface area contributed by atoms with Crippen LogP contribution >= 0.6 is 0 Å². The number of hydrogen-bond acceptors (Lipinski definition) is 4. The van der Waals surface area contributed by atoms with Gasteiger partial charge in [-0.2, -0.15) is 0 Å². The van der Waals surface area contributed by atoms with Gasteiger partial charge in [0.1, 0.15) is 11.5 Å². The predicted octanol–water partition coefficient (Wildman–Crippen LogP) is 5.48. The zero-order chi connectivity index (χ0) is 21.1. The molecule has 1 heterocycles. The fourth-order valence-electron chi connectivity index (χ4n) is 3.42. The molecule has 0 aliphatic rings. The Labute approximate surface area is 175 Å². The van der Waals surface area contributed by atoms with Gasteiger partial charge < -0.3 is 14.8 Å². The maximum atomic E-state index is 13.3. The predicted molar refractivity (Wildman–Crippen MR) is 119 cm³/mol. The minimum absolute atomic E-state index is 0.242. The molecule has 30 heavy (non-hydrogen) atoms. The lowest BCUT2D eigenvalue weighted by Crippen LogP contribution is -2.14. The molecule has 0 bridgehead atoms. The van der Waals surface area contributed by atoms with Crippen LogP contribution in [-0.4, -0.2) is 25.1 Å². The molecule has 0 unspecified atom stereocenters. The SMILES string of the molecule is COc1ccc(OC)c(NC(=O)c2cc(-c3cccc(C)c3)nc3ccccc23)c1. The average molecular weight is 398 g/mol. The van der Waals surface area contributed by atoms with Gasteiger partial charge in [0.15, 0.2) is 0 Å². The highest BCUT2D eigenvalue weighted by atomic mass is 16.5. The monoisotopic (exact) mass is 398 g/mol. The van der Waals surface area contributed by atoms with Gasteiger partial charge in [0, 0.05) is 17.0 Å². The number of nitrogens with one attached hydrogen (secondary N) is 1. The smallest absolute Gasteiger partial charge is 0.256 e. The summed E-state index contributed by atoms with van der Waals surface area (Å²) in [6.45, 7) is 2.03. The second-order valence-electron chi connectivity index (χ2n) is 6.96. The van der Waals surface area contributed by atoms with E-state index in [1.54, 1.807) is 32.4 Å². The third kappa shape index (κ3) is 3.82. The van der Waals surface area contributed by atoms with Gasteiger partial charge in [-0.15, -0.1) is 0 Å². The molecule has 0 fully saturated rings. The van der Waals surface area contributed by atoms with Crippen molar-refractivity contribution in [3.05, 3.63) is 83.9 Å². The number of carbonyl (C=O) groups excluding carboxylic acids is 1. The van der Waals surface area contributed by atoms with Gasteiger partial charge in [-0.1, -0.05) is 42.0 Å². The summed E-state index contributed by atoms with van der Waals surface area (Å²) in [7, 11) is 3.15. The highest BCUT2D eigenvalue weighted by molar-refractivity contribution is 6.13. The standard InChI is InChI=1S/C25H22N2O3/c1-16-7-6-8-17(13-16)22-15-20(19-9-4-5-10-21(19)26-22)25(28)27-23-14-18(29-2)11-12-24(23)30-3/h4-15H,1-3H3,(H,27,28). The number of nitrogens with zero attached hydrogens (tertiary/aromatic N) is 1. The van der Waals surface area contributed by atoms with E-state index < -0.39 is 0 Å². The molecule has 150 valence electrons. The van der Waals surface area contributed by atoms with Gasteiger partial charge in [0.2, 0.25) is 0 Å². The number of methoxy groups -OCH3 is 2. The van der Waals surface area contributed by atoms with E-state index in [0.29, 0.717) is 22.7 Å². The quantitative estimate of drug-likeness (QED) is 0.484. The van der Waals surface area contributed by atoms with E-state index in [0.717, 1.165) is 27.7 Å². The molecule has 0 aliphatic carbocycles. The maximum Gasteiger partial charge on any atom is 0.256 e. The van der Waals surface area contributed by atoms with E-state index in [2.05, 4.69) is 11.4 Å². The van der Waals surface area contributed by atoms with Crippen molar-refractivity contribution in [3.63, 3.8) is 0 Å². The number of benzene rings is 3. The van der Waals surface area contributed by atoms with E-state index in [1.807, 2.05) is 55.5 Å². The van der Waals surface area contributed by atoms with E-state index in [1.165, 1.54) is 0 Å². The van der Waals surface area contributed by atoms with E-state index in [9.17, 15) is 4.79 Å². The first-order valence-electron chi connectivity index (χ1n) is 9.59. The molecule has 1 N–H and O–H groups in total. The molecule has 0 atom stereocenters. The highest BCUT2D eigenvalue weighted by Crippen LogP contribution is 2.31. The molecule has 4 rings (SSSR count). The van der Waals surface area contributed by atoms with Crippen molar-refractivity contribution in [2.24, 2.45) is 0 Å². The molecular formula is C25H22N2O3. The van der Waals surface area contributed by atoms with Gasteiger partial charge in [-0.3, -0.25) is 4.79 Å². The number of carbonyl (C=O) groups is 1. The number of para-hydroxylation sites is 1. The summed E-state index contributed by atoms with van der Waals surface area (Å²) in [5.41, 5.74) is 4.70. The number of ether oxygens (including phenoxy) is 2. The van der Waals surface area contributed by atoms with Crippen LogP contribution in [0, 0.1) is 6.92 Å². The van der Waals surface area contributed by atoms with E-state index in [4.69, 9.17) is 14.5 Å². The molecule has 0 aliphatic heterocycles. The number of aryl methyl sites for hydroxylation is 1. The fraction of sp³-hybridized carbons (Fsp3) is 0.120.